The lowest BCUT2D eigenvalue weighted by Crippen LogP contribution is -2.69. The molecule has 0 bridgehead atoms. The minimum absolute atomic E-state index is 0.0144. The van der Waals surface area contributed by atoms with Crippen molar-refractivity contribution >= 4 is 21.7 Å². The van der Waals surface area contributed by atoms with Crippen LogP contribution < -0.4 is 10.1 Å². The van der Waals surface area contributed by atoms with Crippen molar-refractivity contribution in [3.05, 3.63) is 95.6 Å². The molecule has 0 spiro atoms. The van der Waals surface area contributed by atoms with Crippen LogP contribution in [-0.4, -0.2) is 87.2 Å². The molecule has 2 saturated heterocycles. The molecule has 5 rings (SSSR count). The maximum absolute atomic E-state index is 13.4. The highest BCUT2D eigenvalue weighted by molar-refractivity contribution is 7.88. The number of nitrogens with zero attached hydrogens (tertiary/aromatic N) is 3. The lowest BCUT2D eigenvalue weighted by atomic mass is 9.74. The van der Waals surface area contributed by atoms with Gasteiger partial charge in [-0.15, -0.1) is 0 Å². The standard InChI is InChI=1S/C33H38N4O4S/c1-35(42(3,39)40)23-30-32(27-15-13-26(14-16-27)12-11-25-9-5-4-6-10-25)31-24-36(21-7-8-22-37(30)31)33(38)34-28-17-19-29(41-2)20-18-28/h4-6,9-10,13-20,30-32H,7-8,21-24H2,1-3H3,(H,34,38)/t30-,31+,32+/m1/s1. The van der Waals surface area contributed by atoms with E-state index in [0.29, 0.717) is 25.3 Å². The summed E-state index contributed by atoms with van der Waals surface area (Å²) in [5.41, 5.74) is 3.72. The van der Waals surface area contributed by atoms with Gasteiger partial charge in [0.1, 0.15) is 5.75 Å². The van der Waals surface area contributed by atoms with Gasteiger partial charge in [-0.2, -0.15) is 0 Å². The Morgan fingerprint density at radius 3 is 2.24 bits per heavy atom. The molecular formula is C33H38N4O4S. The Kier molecular flexibility index (Phi) is 9.17. The lowest BCUT2D eigenvalue weighted by molar-refractivity contribution is -0.0402. The van der Waals surface area contributed by atoms with Crippen molar-refractivity contribution in [1.29, 1.82) is 0 Å². The summed E-state index contributed by atoms with van der Waals surface area (Å²) in [6.45, 7) is 2.49. The van der Waals surface area contributed by atoms with Crippen LogP contribution in [0.1, 0.15) is 35.4 Å². The maximum atomic E-state index is 13.4. The zero-order chi connectivity index (χ0) is 29.7. The summed E-state index contributed by atoms with van der Waals surface area (Å²) in [4.78, 5) is 17.7. The first-order chi connectivity index (χ1) is 20.2. The number of hydrogen-bond donors (Lipinski definition) is 1. The second kappa shape index (κ2) is 13.0. The number of rotatable bonds is 6. The summed E-state index contributed by atoms with van der Waals surface area (Å²) < 4.78 is 31.4. The second-order valence-corrected chi connectivity index (χ2v) is 13.1. The minimum atomic E-state index is -3.33. The Morgan fingerprint density at radius 2 is 1.60 bits per heavy atom. The minimum Gasteiger partial charge on any atom is -0.497 e. The van der Waals surface area contributed by atoms with Gasteiger partial charge < -0.3 is 15.0 Å². The molecule has 2 aliphatic heterocycles. The number of fused-ring (bicyclic) bond motifs is 1. The molecule has 0 saturated carbocycles. The molecule has 2 aliphatic rings. The number of ether oxygens (including phenoxy) is 1. The van der Waals surface area contributed by atoms with Crippen molar-refractivity contribution in [3.8, 4) is 17.6 Å². The number of methoxy groups -OCH3 is 1. The normalized spacial score (nSPS) is 20.8. The smallest absolute Gasteiger partial charge is 0.321 e. The number of sulfonamides is 1. The molecule has 2 amide bonds. The van der Waals surface area contributed by atoms with Crippen LogP contribution in [0.4, 0.5) is 10.5 Å². The van der Waals surface area contributed by atoms with Gasteiger partial charge in [-0.3, -0.25) is 4.90 Å². The first-order valence-corrected chi connectivity index (χ1v) is 16.1. The van der Waals surface area contributed by atoms with E-state index in [-0.39, 0.29) is 24.0 Å². The van der Waals surface area contributed by atoms with E-state index in [0.717, 1.165) is 41.8 Å². The number of amides is 2. The van der Waals surface area contributed by atoms with Crippen molar-refractivity contribution in [3.63, 3.8) is 0 Å². The van der Waals surface area contributed by atoms with Crippen LogP contribution in [0, 0.1) is 11.8 Å². The molecule has 2 heterocycles. The first kappa shape index (κ1) is 29.6. The van der Waals surface area contributed by atoms with Crippen LogP contribution >= 0.6 is 0 Å². The van der Waals surface area contributed by atoms with Gasteiger partial charge in [-0.25, -0.2) is 17.5 Å². The number of hydrogen-bond acceptors (Lipinski definition) is 5. The number of urea groups is 1. The highest BCUT2D eigenvalue weighted by Gasteiger charge is 2.50. The number of carbonyl (C=O) groups is 1. The van der Waals surface area contributed by atoms with Crippen molar-refractivity contribution in [2.75, 3.05) is 51.9 Å². The Labute approximate surface area is 249 Å². The summed E-state index contributed by atoms with van der Waals surface area (Å²) >= 11 is 0. The third kappa shape index (κ3) is 6.96. The molecule has 0 unspecified atom stereocenters. The number of anilines is 1. The van der Waals surface area contributed by atoms with Crippen LogP contribution in [-0.2, 0) is 10.0 Å². The van der Waals surface area contributed by atoms with Crippen molar-refractivity contribution in [2.24, 2.45) is 0 Å². The van der Waals surface area contributed by atoms with Gasteiger partial charge in [0, 0.05) is 61.5 Å². The van der Waals surface area contributed by atoms with Crippen LogP contribution in [0.15, 0.2) is 78.9 Å². The molecule has 42 heavy (non-hydrogen) atoms. The third-order valence-electron chi connectivity index (χ3n) is 8.24. The van der Waals surface area contributed by atoms with Gasteiger partial charge in [0.2, 0.25) is 10.0 Å². The van der Waals surface area contributed by atoms with E-state index >= 15 is 0 Å². The van der Waals surface area contributed by atoms with Crippen molar-refractivity contribution in [1.82, 2.24) is 14.1 Å². The summed E-state index contributed by atoms with van der Waals surface area (Å²) in [5, 5.41) is 3.03. The highest BCUT2D eigenvalue weighted by atomic mass is 32.2. The molecule has 1 N–H and O–H groups in total. The zero-order valence-electron chi connectivity index (χ0n) is 24.4. The summed E-state index contributed by atoms with van der Waals surface area (Å²) in [6.07, 6.45) is 3.06. The average molecular weight is 587 g/mol. The summed E-state index contributed by atoms with van der Waals surface area (Å²) in [6, 6.07) is 25.4. The Balaban J connectivity index is 1.37. The summed E-state index contributed by atoms with van der Waals surface area (Å²) in [5.74, 6) is 7.24. The Bertz CT molecular complexity index is 1530. The molecular weight excluding hydrogens is 548 g/mol. The molecule has 3 aromatic carbocycles. The largest absolute Gasteiger partial charge is 0.497 e. The van der Waals surface area contributed by atoms with Gasteiger partial charge in [0.25, 0.3) is 0 Å². The molecule has 9 heteroatoms. The number of benzene rings is 3. The van der Waals surface area contributed by atoms with Gasteiger partial charge in [-0.1, -0.05) is 42.2 Å². The number of nitrogens with one attached hydrogen (secondary N) is 1. The van der Waals surface area contributed by atoms with E-state index in [9.17, 15) is 13.2 Å². The van der Waals surface area contributed by atoms with Gasteiger partial charge >= 0.3 is 6.03 Å². The van der Waals surface area contributed by atoms with Crippen molar-refractivity contribution < 1.29 is 17.9 Å². The van der Waals surface area contributed by atoms with E-state index in [4.69, 9.17) is 4.74 Å². The monoisotopic (exact) mass is 586 g/mol. The Hall–Kier alpha value is -3.84. The topological polar surface area (TPSA) is 82.2 Å². The molecule has 0 radical (unpaired) electrons. The Morgan fingerprint density at radius 1 is 0.952 bits per heavy atom. The molecule has 3 atom stereocenters. The lowest BCUT2D eigenvalue weighted by Gasteiger charge is -2.58. The first-order valence-electron chi connectivity index (χ1n) is 14.3. The van der Waals surface area contributed by atoms with Crippen LogP contribution in [0.2, 0.25) is 0 Å². The molecule has 220 valence electrons. The van der Waals surface area contributed by atoms with Gasteiger partial charge in [0.15, 0.2) is 0 Å². The quantitative estimate of drug-likeness (QED) is 0.432. The third-order valence-corrected chi connectivity index (χ3v) is 9.52. The molecule has 2 fully saturated rings. The highest BCUT2D eigenvalue weighted by Crippen LogP contribution is 2.42. The predicted molar refractivity (Wildman–Crippen MR) is 166 cm³/mol. The van der Waals surface area contributed by atoms with E-state index < -0.39 is 10.0 Å². The maximum Gasteiger partial charge on any atom is 0.321 e. The summed E-state index contributed by atoms with van der Waals surface area (Å²) in [7, 11) is -0.0814. The van der Waals surface area contributed by atoms with Crippen molar-refractivity contribution in [2.45, 2.75) is 30.8 Å². The SMILES string of the molecule is COc1ccc(NC(=O)N2CCCCN3[C@H](CN(C)S(C)(=O)=O)[C@H](c4ccc(C#Cc5ccccc5)cc4)[C@@H]3C2)cc1. The van der Waals surface area contributed by atoms with Gasteiger partial charge in [-0.05, 0) is 73.5 Å². The predicted octanol–water partition coefficient (Wildman–Crippen LogP) is 4.45. The fraction of sp³-hybridized carbons (Fsp3) is 0.364. The fourth-order valence-electron chi connectivity index (χ4n) is 5.86. The van der Waals surface area contributed by atoms with Gasteiger partial charge in [0.05, 0.1) is 13.4 Å². The molecule has 3 aromatic rings. The molecule has 8 nitrogen and oxygen atoms in total. The van der Waals surface area contributed by atoms with E-state index in [1.54, 1.807) is 14.2 Å². The van der Waals surface area contributed by atoms with Crippen LogP contribution in [0.5, 0.6) is 5.75 Å². The zero-order valence-corrected chi connectivity index (χ0v) is 25.2. The van der Waals surface area contributed by atoms with E-state index in [2.05, 4.69) is 34.2 Å². The number of likely N-dealkylation sites (N-methyl/N-ethyl adjacent to an activating group) is 1. The van der Waals surface area contributed by atoms with Crippen LogP contribution in [0.25, 0.3) is 0 Å². The number of carbonyl (C=O) groups excluding carboxylic acids is 1. The molecule has 0 aliphatic carbocycles. The fourth-order valence-corrected chi connectivity index (χ4v) is 6.28. The van der Waals surface area contributed by atoms with E-state index in [1.807, 2.05) is 71.6 Å². The van der Waals surface area contributed by atoms with E-state index in [1.165, 1.54) is 10.6 Å². The second-order valence-electron chi connectivity index (χ2n) is 11.0. The van der Waals surface area contributed by atoms with Crippen LogP contribution in [0.3, 0.4) is 0 Å². The average Bonchev–Trinajstić information content (AvgIpc) is 2.97. The molecule has 0 aromatic heterocycles.